The first-order valence-electron chi connectivity index (χ1n) is 8.86. The molecular formula is C20H22F2N2O2. The predicted octanol–water partition coefficient (Wildman–Crippen LogP) is 4.37. The average Bonchev–Trinajstić information content (AvgIpc) is 2.90. The largest absolute Gasteiger partial charge is 0.435 e. The van der Waals surface area contributed by atoms with Gasteiger partial charge in [0.1, 0.15) is 5.75 Å². The second-order valence-corrected chi connectivity index (χ2v) is 6.43. The van der Waals surface area contributed by atoms with Crippen molar-refractivity contribution in [2.75, 3.05) is 6.54 Å². The van der Waals surface area contributed by atoms with Crippen LogP contribution < -0.4 is 4.74 Å². The highest BCUT2D eigenvalue weighted by Gasteiger charge is 2.26. The Bertz CT molecular complexity index is 708. The Kier molecular flexibility index (Phi) is 6.15. The number of hydrogen-bond acceptors (Lipinski definition) is 3. The molecule has 0 bridgehead atoms. The number of alkyl halides is 2. The average molecular weight is 360 g/mol. The van der Waals surface area contributed by atoms with Crippen LogP contribution in [0.3, 0.4) is 0 Å². The molecule has 0 radical (unpaired) electrons. The summed E-state index contributed by atoms with van der Waals surface area (Å²) in [6, 6.07) is 10.3. The highest BCUT2D eigenvalue weighted by molar-refractivity contribution is 5.79. The summed E-state index contributed by atoms with van der Waals surface area (Å²) in [4.78, 5) is 18.9. The highest BCUT2D eigenvalue weighted by Crippen LogP contribution is 2.30. The number of rotatable bonds is 5. The van der Waals surface area contributed by atoms with Gasteiger partial charge < -0.3 is 9.64 Å². The molecule has 0 saturated carbocycles. The van der Waals surface area contributed by atoms with Crippen molar-refractivity contribution in [3.8, 4) is 5.75 Å². The fourth-order valence-electron chi connectivity index (χ4n) is 3.40. The number of likely N-dealkylation sites (tertiary alicyclic amines) is 1. The Morgan fingerprint density at radius 2 is 1.85 bits per heavy atom. The Morgan fingerprint density at radius 1 is 1.12 bits per heavy atom. The summed E-state index contributed by atoms with van der Waals surface area (Å²) in [5.41, 5.74) is 1.89. The number of ether oxygens (including phenoxy) is 1. The normalized spacial score (nSPS) is 17.8. The number of hydrogen-bond donors (Lipinski definition) is 0. The Labute approximate surface area is 151 Å². The molecule has 2 heterocycles. The molecule has 0 spiro atoms. The van der Waals surface area contributed by atoms with E-state index in [1.807, 2.05) is 17.0 Å². The van der Waals surface area contributed by atoms with Gasteiger partial charge in [-0.25, -0.2) is 0 Å². The third-order valence-electron chi connectivity index (χ3n) is 4.67. The van der Waals surface area contributed by atoms with Crippen molar-refractivity contribution in [2.45, 2.75) is 44.8 Å². The van der Waals surface area contributed by atoms with Gasteiger partial charge in [-0.1, -0.05) is 25.0 Å². The number of benzene rings is 1. The van der Waals surface area contributed by atoms with Crippen molar-refractivity contribution in [1.29, 1.82) is 0 Å². The van der Waals surface area contributed by atoms with Gasteiger partial charge in [0.25, 0.3) is 0 Å². The van der Waals surface area contributed by atoms with E-state index < -0.39 is 6.61 Å². The lowest BCUT2D eigenvalue weighted by molar-refractivity contribution is -0.132. The van der Waals surface area contributed by atoms with Crippen LogP contribution in [0.2, 0.25) is 0 Å². The fraction of sp³-hybridized carbons (Fsp3) is 0.400. The van der Waals surface area contributed by atoms with E-state index in [1.54, 1.807) is 24.5 Å². The van der Waals surface area contributed by atoms with Crippen LogP contribution in [0.25, 0.3) is 0 Å². The zero-order chi connectivity index (χ0) is 18.4. The molecule has 1 atom stereocenters. The highest BCUT2D eigenvalue weighted by atomic mass is 19.3. The van der Waals surface area contributed by atoms with Crippen LogP contribution in [0.15, 0.2) is 48.8 Å². The SMILES string of the molecule is O=C(Cc1ccc(OC(F)F)cc1)N1CCCCCC1c1ccncc1. The summed E-state index contributed by atoms with van der Waals surface area (Å²) in [6.07, 6.45) is 7.90. The molecule has 3 rings (SSSR count). The minimum Gasteiger partial charge on any atom is -0.435 e. The van der Waals surface area contributed by atoms with Gasteiger partial charge in [-0.15, -0.1) is 0 Å². The smallest absolute Gasteiger partial charge is 0.387 e. The molecule has 0 N–H and O–H groups in total. The maximum absolute atomic E-state index is 12.9. The van der Waals surface area contributed by atoms with E-state index in [0.29, 0.717) is 0 Å². The van der Waals surface area contributed by atoms with Crippen molar-refractivity contribution in [2.24, 2.45) is 0 Å². The van der Waals surface area contributed by atoms with Crippen LogP contribution in [-0.4, -0.2) is 28.9 Å². The first-order valence-corrected chi connectivity index (χ1v) is 8.86. The van der Waals surface area contributed by atoms with E-state index >= 15 is 0 Å². The van der Waals surface area contributed by atoms with Crippen molar-refractivity contribution in [1.82, 2.24) is 9.88 Å². The van der Waals surface area contributed by atoms with Crippen molar-refractivity contribution >= 4 is 5.91 Å². The van der Waals surface area contributed by atoms with Crippen LogP contribution in [0.1, 0.15) is 42.9 Å². The zero-order valence-corrected chi connectivity index (χ0v) is 14.5. The molecule has 1 aromatic heterocycles. The van der Waals surface area contributed by atoms with E-state index in [0.717, 1.165) is 43.4 Å². The van der Waals surface area contributed by atoms with Crippen LogP contribution >= 0.6 is 0 Å². The third kappa shape index (κ3) is 4.77. The van der Waals surface area contributed by atoms with Crippen LogP contribution in [0, 0.1) is 0 Å². The molecule has 0 aliphatic carbocycles. The fourth-order valence-corrected chi connectivity index (χ4v) is 3.40. The summed E-state index contributed by atoms with van der Waals surface area (Å²) in [6.45, 7) is -2.11. The number of nitrogens with zero attached hydrogens (tertiary/aromatic N) is 2. The second kappa shape index (κ2) is 8.74. The lowest BCUT2D eigenvalue weighted by Gasteiger charge is -2.30. The second-order valence-electron chi connectivity index (χ2n) is 6.43. The van der Waals surface area contributed by atoms with Crippen LogP contribution in [0.4, 0.5) is 8.78 Å². The molecule has 1 aromatic carbocycles. The van der Waals surface area contributed by atoms with E-state index in [4.69, 9.17) is 0 Å². The number of halogens is 2. The number of amides is 1. The quantitative estimate of drug-likeness (QED) is 0.795. The summed E-state index contributed by atoms with van der Waals surface area (Å²) < 4.78 is 28.8. The van der Waals surface area contributed by atoms with E-state index in [-0.39, 0.29) is 24.1 Å². The van der Waals surface area contributed by atoms with Gasteiger partial charge in [-0.2, -0.15) is 8.78 Å². The predicted molar refractivity (Wildman–Crippen MR) is 93.9 cm³/mol. The summed E-state index contributed by atoms with van der Waals surface area (Å²) in [7, 11) is 0. The molecule has 1 unspecified atom stereocenters. The Morgan fingerprint density at radius 3 is 2.54 bits per heavy atom. The molecule has 1 aliphatic heterocycles. The minimum atomic E-state index is -2.85. The summed E-state index contributed by atoms with van der Waals surface area (Å²) in [5.74, 6) is 0.150. The molecule has 6 heteroatoms. The third-order valence-corrected chi connectivity index (χ3v) is 4.67. The van der Waals surface area contributed by atoms with E-state index in [1.165, 1.54) is 12.1 Å². The maximum atomic E-state index is 12.9. The van der Waals surface area contributed by atoms with E-state index in [9.17, 15) is 13.6 Å². The number of aromatic nitrogens is 1. The Hall–Kier alpha value is -2.50. The van der Waals surface area contributed by atoms with Crippen LogP contribution in [0.5, 0.6) is 5.75 Å². The van der Waals surface area contributed by atoms with Crippen molar-refractivity contribution in [3.05, 3.63) is 59.9 Å². The van der Waals surface area contributed by atoms with Crippen LogP contribution in [-0.2, 0) is 11.2 Å². The van der Waals surface area contributed by atoms with Crippen molar-refractivity contribution < 1.29 is 18.3 Å². The number of pyridine rings is 1. The standard InChI is InChI=1S/C20H22F2N2O2/c21-20(22)26-17-7-5-15(6-8-17)14-19(25)24-13-3-1-2-4-18(24)16-9-11-23-12-10-16/h5-12,18,20H,1-4,13-14H2. The molecule has 1 amide bonds. The van der Waals surface area contributed by atoms with Gasteiger partial charge in [-0.05, 0) is 48.2 Å². The van der Waals surface area contributed by atoms with Gasteiger partial charge in [0.05, 0.1) is 12.5 Å². The number of carbonyl (C=O) groups is 1. The topological polar surface area (TPSA) is 42.4 Å². The molecule has 1 saturated heterocycles. The lowest BCUT2D eigenvalue weighted by Crippen LogP contribution is -2.35. The van der Waals surface area contributed by atoms with Crippen molar-refractivity contribution in [3.63, 3.8) is 0 Å². The molecule has 2 aromatic rings. The lowest BCUT2D eigenvalue weighted by atomic mass is 10.0. The Balaban J connectivity index is 1.71. The molecule has 26 heavy (non-hydrogen) atoms. The van der Waals surface area contributed by atoms with Gasteiger partial charge in [-0.3, -0.25) is 9.78 Å². The molecule has 1 aliphatic rings. The number of carbonyl (C=O) groups excluding carboxylic acids is 1. The monoisotopic (exact) mass is 360 g/mol. The summed E-state index contributed by atoms with van der Waals surface area (Å²) >= 11 is 0. The van der Waals surface area contributed by atoms with Gasteiger partial charge in [0, 0.05) is 18.9 Å². The molecule has 1 fully saturated rings. The van der Waals surface area contributed by atoms with Gasteiger partial charge in [0.2, 0.25) is 5.91 Å². The van der Waals surface area contributed by atoms with Gasteiger partial charge >= 0.3 is 6.61 Å². The molecule has 138 valence electrons. The minimum absolute atomic E-state index is 0.0521. The summed E-state index contributed by atoms with van der Waals surface area (Å²) in [5, 5.41) is 0. The maximum Gasteiger partial charge on any atom is 0.387 e. The first-order chi connectivity index (χ1) is 12.6. The van der Waals surface area contributed by atoms with E-state index in [2.05, 4.69) is 9.72 Å². The zero-order valence-electron chi connectivity index (χ0n) is 14.5. The van der Waals surface area contributed by atoms with Gasteiger partial charge in [0.15, 0.2) is 0 Å². The molecular weight excluding hydrogens is 338 g/mol. The molecule has 4 nitrogen and oxygen atoms in total. The first kappa shape index (κ1) is 18.3.